The summed E-state index contributed by atoms with van der Waals surface area (Å²) in [6.07, 6.45) is 0. The first-order chi connectivity index (χ1) is 15.1. The number of amides is 2. The third-order valence-electron chi connectivity index (χ3n) is 4.57. The summed E-state index contributed by atoms with van der Waals surface area (Å²) < 4.78 is 45.8. The molecule has 10 nitrogen and oxygen atoms in total. The summed E-state index contributed by atoms with van der Waals surface area (Å²) in [7, 11) is 1.66. The van der Waals surface area contributed by atoms with Crippen molar-refractivity contribution in [3.8, 4) is 23.0 Å². The molecule has 1 unspecified atom stereocenters. The first-order valence-corrected chi connectivity index (χ1v) is 11.1. The van der Waals surface area contributed by atoms with Gasteiger partial charge in [-0.2, -0.15) is 0 Å². The van der Waals surface area contributed by atoms with Gasteiger partial charge in [0.25, 0.3) is 0 Å². The SMILES string of the molecule is COc1ccc(OC)c(NC(=O)C(C)S(=O)(=O)CC(=O)Nc2ccc(OC)c(OC)c2)c1. The van der Waals surface area contributed by atoms with E-state index < -0.39 is 32.7 Å². The molecule has 0 aliphatic rings. The molecule has 2 amide bonds. The molecule has 0 saturated heterocycles. The highest BCUT2D eigenvalue weighted by Gasteiger charge is 2.31. The number of hydrogen-bond acceptors (Lipinski definition) is 8. The van der Waals surface area contributed by atoms with E-state index in [1.54, 1.807) is 18.2 Å². The van der Waals surface area contributed by atoms with Crippen LogP contribution in [0.15, 0.2) is 36.4 Å². The van der Waals surface area contributed by atoms with Crippen molar-refractivity contribution in [2.24, 2.45) is 0 Å². The van der Waals surface area contributed by atoms with Crippen molar-refractivity contribution in [3.05, 3.63) is 36.4 Å². The number of anilines is 2. The molecule has 32 heavy (non-hydrogen) atoms. The molecule has 0 fully saturated rings. The summed E-state index contributed by atoms with van der Waals surface area (Å²) in [5.74, 6) is -0.887. The smallest absolute Gasteiger partial charge is 0.242 e. The molecule has 11 heteroatoms. The van der Waals surface area contributed by atoms with Gasteiger partial charge in [-0.15, -0.1) is 0 Å². The second-order valence-corrected chi connectivity index (χ2v) is 8.94. The van der Waals surface area contributed by atoms with Crippen LogP contribution in [0, 0.1) is 0 Å². The van der Waals surface area contributed by atoms with Crippen molar-refractivity contribution in [1.29, 1.82) is 0 Å². The lowest BCUT2D eigenvalue weighted by Gasteiger charge is -2.16. The molecular formula is C21H26N2O8S. The Morgan fingerprint density at radius 2 is 1.47 bits per heavy atom. The summed E-state index contributed by atoms with van der Waals surface area (Å²) in [6.45, 7) is 1.21. The van der Waals surface area contributed by atoms with Crippen LogP contribution >= 0.6 is 0 Å². The minimum atomic E-state index is -4.11. The Labute approximate surface area is 186 Å². The number of methoxy groups -OCH3 is 4. The first-order valence-electron chi connectivity index (χ1n) is 9.41. The minimum Gasteiger partial charge on any atom is -0.497 e. The van der Waals surface area contributed by atoms with Crippen LogP contribution in [-0.2, 0) is 19.4 Å². The summed E-state index contributed by atoms with van der Waals surface area (Å²) in [6, 6.07) is 9.31. The number of benzene rings is 2. The van der Waals surface area contributed by atoms with Gasteiger partial charge in [0.2, 0.25) is 11.8 Å². The number of ether oxygens (including phenoxy) is 4. The average molecular weight is 467 g/mol. The minimum absolute atomic E-state index is 0.244. The van der Waals surface area contributed by atoms with Gasteiger partial charge >= 0.3 is 0 Å². The predicted octanol–water partition coefficient (Wildman–Crippen LogP) is 2.10. The molecule has 0 aliphatic carbocycles. The molecular weight excluding hydrogens is 440 g/mol. The Balaban J connectivity index is 2.09. The van der Waals surface area contributed by atoms with Crippen LogP contribution < -0.4 is 29.6 Å². The van der Waals surface area contributed by atoms with E-state index in [2.05, 4.69) is 10.6 Å². The maximum atomic E-state index is 12.6. The zero-order chi connectivity index (χ0) is 23.9. The van der Waals surface area contributed by atoms with E-state index >= 15 is 0 Å². The van der Waals surface area contributed by atoms with Crippen LogP contribution in [0.1, 0.15) is 6.92 Å². The van der Waals surface area contributed by atoms with E-state index in [-0.39, 0.29) is 5.69 Å². The number of nitrogens with one attached hydrogen (secondary N) is 2. The van der Waals surface area contributed by atoms with Crippen molar-refractivity contribution in [3.63, 3.8) is 0 Å². The van der Waals surface area contributed by atoms with E-state index in [0.717, 1.165) is 0 Å². The van der Waals surface area contributed by atoms with Gasteiger partial charge in [-0.05, 0) is 31.2 Å². The maximum absolute atomic E-state index is 12.6. The third kappa shape index (κ3) is 6.03. The van der Waals surface area contributed by atoms with Gasteiger partial charge in [-0.1, -0.05) is 0 Å². The number of rotatable bonds is 10. The van der Waals surface area contributed by atoms with Gasteiger partial charge in [0, 0.05) is 17.8 Å². The lowest BCUT2D eigenvalue weighted by molar-refractivity contribution is -0.115. The number of carbonyl (C=O) groups is 2. The van der Waals surface area contributed by atoms with Crippen molar-refractivity contribution >= 4 is 33.0 Å². The molecule has 2 aromatic rings. The van der Waals surface area contributed by atoms with E-state index in [1.165, 1.54) is 53.6 Å². The van der Waals surface area contributed by atoms with Crippen LogP contribution in [0.2, 0.25) is 0 Å². The second kappa shape index (κ2) is 10.7. The van der Waals surface area contributed by atoms with Gasteiger partial charge < -0.3 is 29.6 Å². The van der Waals surface area contributed by atoms with Crippen LogP contribution in [-0.4, -0.2) is 59.7 Å². The van der Waals surface area contributed by atoms with Crippen molar-refractivity contribution in [2.75, 3.05) is 44.8 Å². The second-order valence-electron chi connectivity index (χ2n) is 6.62. The molecule has 1 atom stereocenters. The Morgan fingerprint density at radius 1 is 0.844 bits per heavy atom. The number of sulfone groups is 1. The normalized spacial score (nSPS) is 11.8. The van der Waals surface area contributed by atoms with E-state index in [0.29, 0.717) is 28.7 Å². The van der Waals surface area contributed by atoms with E-state index in [1.807, 2.05) is 0 Å². The Kier molecular flexibility index (Phi) is 8.30. The van der Waals surface area contributed by atoms with Crippen molar-refractivity contribution in [2.45, 2.75) is 12.2 Å². The third-order valence-corrected chi connectivity index (χ3v) is 6.53. The fourth-order valence-electron chi connectivity index (χ4n) is 2.73. The maximum Gasteiger partial charge on any atom is 0.242 e. The average Bonchev–Trinajstić information content (AvgIpc) is 2.77. The lowest BCUT2D eigenvalue weighted by Crippen LogP contribution is -2.37. The summed E-state index contributed by atoms with van der Waals surface area (Å²) in [4.78, 5) is 24.9. The van der Waals surface area contributed by atoms with Crippen LogP contribution in [0.5, 0.6) is 23.0 Å². The molecule has 0 saturated carbocycles. The van der Waals surface area contributed by atoms with Crippen LogP contribution in [0.3, 0.4) is 0 Å². The fraction of sp³-hybridized carbons (Fsp3) is 0.333. The zero-order valence-electron chi connectivity index (χ0n) is 18.4. The summed E-state index contributed by atoms with van der Waals surface area (Å²) >= 11 is 0. The van der Waals surface area contributed by atoms with E-state index in [4.69, 9.17) is 18.9 Å². The van der Waals surface area contributed by atoms with E-state index in [9.17, 15) is 18.0 Å². The Bertz CT molecular complexity index is 1090. The van der Waals surface area contributed by atoms with Gasteiger partial charge in [0.15, 0.2) is 21.3 Å². The highest BCUT2D eigenvalue weighted by atomic mass is 32.2. The van der Waals surface area contributed by atoms with Gasteiger partial charge in [-0.3, -0.25) is 9.59 Å². The van der Waals surface area contributed by atoms with Gasteiger partial charge in [0.1, 0.15) is 22.5 Å². The molecule has 0 bridgehead atoms. The first kappa shape index (κ1) is 24.8. The highest BCUT2D eigenvalue weighted by Crippen LogP contribution is 2.30. The molecule has 2 rings (SSSR count). The Hall–Kier alpha value is -3.47. The Morgan fingerprint density at radius 3 is 2.06 bits per heavy atom. The zero-order valence-corrected chi connectivity index (χ0v) is 19.2. The fourth-order valence-corrected chi connectivity index (χ4v) is 3.80. The monoisotopic (exact) mass is 466 g/mol. The molecule has 174 valence electrons. The topological polar surface area (TPSA) is 129 Å². The number of hydrogen-bond donors (Lipinski definition) is 2. The van der Waals surface area contributed by atoms with Gasteiger partial charge in [0.05, 0.1) is 34.1 Å². The molecule has 0 aromatic heterocycles. The summed E-state index contributed by atoms with van der Waals surface area (Å²) in [5.41, 5.74) is 0.565. The molecule has 0 spiro atoms. The highest BCUT2D eigenvalue weighted by molar-refractivity contribution is 7.93. The quantitative estimate of drug-likeness (QED) is 0.545. The largest absolute Gasteiger partial charge is 0.497 e. The predicted molar refractivity (Wildman–Crippen MR) is 120 cm³/mol. The van der Waals surface area contributed by atoms with Crippen molar-refractivity contribution < 1.29 is 37.0 Å². The van der Waals surface area contributed by atoms with Gasteiger partial charge in [-0.25, -0.2) is 8.42 Å². The molecule has 2 N–H and O–H groups in total. The molecule has 0 heterocycles. The molecule has 0 aliphatic heterocycles. The number of carbonyl (C=O) groups excluding carboxylic acids is 2. The summed E-state index contributed by atoms with van der Waals surface area (Å²) in [5, 5.41) is 3.50. The standard InChI is InChI=1S/C21H26N2O8S/c1-13(21(25)23-16-11-15(28-2)7-9-17(16)29-3)32(26,27)12-20(24)22-14-6-8-18(30-4)19(10-14)31-5/h6-11,13H,12H2,1-5H3,(H,22,24)(H,23,25). The lowest BCUT2D eigenvalue weighted by atomic mass is 10.2. The van der Waals surface area contributed by atoms with Crippen LogP contribution in [0.4, 0.5) is 11.4 Å². The molecule has 0 radical (unpaired) electrons. The van der Waals surface area contributed by atoms with Crippen molar-refractivity contribution in [1.82, 2.24) is 0 Å². The molecule has 2 aromatic carbocycles. The van der Waals surface area contributed by atoms with Crippen LogP contribution in [0.25, 0.3) is 0 Å².